The van der Waals surface area contributed by atoms with Crippen LogP contribution in [0.1, 0.15) is 23.5 Å². The maximum atomic E-state index is 12.2. The Kier molecular flexibility index (Phi) is 5.08. The van der Waals surface area contributed by atoms with Crippen molar-refractivity contribution < 1.29 is 14.7 Å². The zero-order valence-corrected chi connectivity index (χ0v) is 13.6. The van der Waals surface area contributed by atoms with Crippen LogP contribution in [0.2, 0.25) is 0 Å². The summed E-state index contributed by atoms with van der Waals surface area (Å²) in [5, 5.41) is 13.8. The van der Waals surface area contributed by atoms with Crippen LogP contribution >= 0.6 is 27.3 Å². The molecule has 0 saturated heterocycles. The number of nitrogens with zero attached hydrogens (tertiary/aromatic N) is 1. The van der Waals surface area contributed by atoms with Gasteiger partial charge in [-0.1, -0.05) is 15.9 Å². The minimum atomic E-state index is -0.932. The van der Waals surface area contributed by atoms with E-state index in [1.165, 1.54) is 11.3 Å². The number of thiazole rings is 1. The topological polar surface area (TPSA) is 79.3 Å². The van der Waals surface area contributed by atoms with Crippen molar-refractivity contribution >= 4 is 44.8 Å². The quantitative estimate of drug-likeness (QED) is 0.848. The molecular formula is C14H13BrN2O3S. The van der Waals surface area contributed by atoms with Crippen molar-refractivity contribution in [3.05, 3.63) is 44.8 Å². The molecule has 0 aliphatic carbocycles. The van der Waals surface area contributed by atoms with Gasteiger partial charge in [0.1, 0.15) is 5.01 Å². The summed E-state index contributed by atoms with van der Waals surface area (Å²) in [6.45, 7) is 1.75. The van der Waals surface area contributed by atoms with Crippen LogP contribution in [-0.2, 0) is 16.0 Å². The standard InChI is InChI=1S/C14H13BrN2O3S/c1-8(14-17-11(7-21-14)6-12(18)19)13(20)16-10-4-2-9(15)3-5-10/h2-5,7-8H,6H2,1H3,(H,16,20)(H,18,19)/t8-/m0/s1. The second-order valence-corrected chi connectivity index (χ2v) is 6.27. The molecule has 0 fully saturated rings. The second-order valence-electron chi connectivity index (χ2n) is 4.47. The minimum Gasteiger partial charge on any atom is -0.481 e. The summed E-state index contributed by atoms with van der Waals surface area (Å²) in [6, 6.07) is 7.28. The Hall–Kier alpha value is -1.73. The number of halogens is 1. The number of carbonyl (C=O) groups is 2. The van der Waals surface area contributed by atoms with Gasteiger partial charge in [0, 0.05) is 15.5 Å². The van der Waals surface area contributed by atoms with Crippen molar-refractivity contribution in [3.8, 4) is 0 Å². The lowest BCUT2D eigenvalue weighted by Gasteiger charge is -2.09. The van der Waals surface area contributed by atoms with E-state index in [4.69, 9.17) is 5.11 Å². The molecule has 1 heterocycles. The molecule has 5 nitrogen and oxygen atoms in total. The number of nitrogens with one attached hydrogen (secondary N) is 1. The van der Waals surface area contributed by atoms with Gasteiger partial charge in [-0.3, -0.25) is 9.59 Å². The zero-order chi connectivity index (χ0) is 15.4. The second kappa shape index (κ2) is 6.82. The molecule has 7 heteroatoms. The Morgan fingerprint density at radius 2 is 2.05 bits per heavy atom. The van der Waals surface area contributed by atoms with E-state index in [-0.39, 0.29) is 12.3 Å². The average Bonchev–Trinajstić information content (AvgIpc) is 2.88. The lowest BCUT2D eigenvalue weighted by atomic mass is 10.1. The highest BCUT2D eigenvalue weighted by atomic mass is 79.9. The summed E-state index contributed by atoms with van der Waals surface area (Å²) in [5.41, 5.74) is 1.18. The molecule has 0 aliphatic rings. The first-order valence-electron chi connectivity index (χ1n) is 6.18. The SMILES string of the molecule is C[C@@H](C(=O)Nc1ccc(Br)cc1)c1nc(CC(=O)O)cs1. The smallest absolute Gasteiger partial charge is 0.309 e. The summed E-state index contributed by atoms with van der Waals surface area (Å²) in [4.78, 5) is 27.0. The molecule has 0 saturated carbocycles. The summed E-state index contributed by atoms with van der Waals surface area (Å²) in [5.74, 6) is -1.53. The van der Waals surface area contributed by atoms with Gasteiger partial charge in [-0.05, 0) is 31.2 Å². The third-order valence-corrected chi connectivity index (χ3v) is 4.38. The molecule has 1 aromatic heterocycles. The zero-order valence-electron chi connectivity index (χ0n) is 11.2. The number of amides is 1. The number of aliphatic carboxylic acids is 1. The number of benzene rings is 1. The molecule has 2 aromatic rings. The molecule has 0 spiro atoms. The van der Waals surface area contributed by atoms with Gasteiger partial charge in [-0.15, -0.1) is 11.3 Å². The van der Waals surface area contributed by atoms with Crippen LogP contribution in [0.4, 0.5) is 5.69 Å². The number of carboxylic acid groups (broad SMARTS) is 1. The van der Waals surface area contributed by atoms with E-state index < -0.39 is 11.9 Å². The molecule has 21 heavy (non-hydrogen) atoms. The van der Waals surface area contributed by atoms with Crippen LogP contribution in [0, 0.1) is 0 Å². The van der Waals surface area contributed by atoms with E-state index in [1.54, 1.807) is 24.4 Å². The largest absolute Gasteiger partial charge is 0.481 e. The van der Waals surface area contributed by atoms with Gasteiger partial charge in [0.15, 0.2) is 0 Å². The number of carbonyl (C=O) groups excluding carboxylic acids is 1. The molecular weight excluding hydrogens is 356 g/mol. The minimum absolute atomic E-state index is 0.127. The van der Waals surface area contributed by atoms with Gasteiger partial charge in [0.25, 0.3) is 0 Å². The summed E-state index contributed by atoms with van der Waals surface area (Å²) < 4.78 is 0.937. The molecule has 2 N–H and O–H groups in total. The van der Waals surface area contributed by atoms with Crippen LogP contribution < -0.4 is 5.32 Å². The van der Waals surface area contributed by atoms with Gasteiger partial charge < -0.3 is 10.4 Å². The van der Waals surface area contributed by atoms with Crippen LogP contribution in [0.15, 0.2) is 34.1 Å². The van der Waals surface area contributed by atoms with Crippen molar-refractivity contribution in [1.29, 1.82) is 0 Å². The molecule has 1 aromatic carbocycles. The Balaban J connectivity index is 2.03. The monoisotopic (exact) mass is 368 g/mol. The Bertz CT molecular complexity index is 654. The van der Waals surface area contributed by atoms with E-state index in [1.807, 2.05) is 12.1 Å². The van der Waals surface area contributed by atoms with E-state index >= 15 is 0 Å². The van der Waals surface area contributed by atoms with Gasteiger partial charge in [0.05, 0.1) is 18.0 Å². The number of hydrogen-bond acceptors (Lipinski definition) is 4. The predicted molar refractivity (Wildman–Crippen MR) is 84.6 cm³/mol. The lowest BCUT2D eigenvalue weighted by Crippen LogP contribution is -2.18. The molecule has 0 aliphatic heterocycles. The summed E-state index contributed by atoms with van der Waals surface area (Å²) in [7, 11) is 0. The predicted octanol–water partition coefficient (Wildman–Crippen LogP) is 3.27. The number of aromatic nitrogens is 1. The normalized spacial score (nSPS) is 11.9. The van der Waals surface area contributed by atoms with E-state index in [9.17, 15) is 9.59 Å². The third-order valence-electron chi connectivity index (χ3n) is 2.78. The van der Waals surface area contributed by atoms with Gasteiger partial charge >= 0.3 is 5.97 Å². The number of carboxylic acids is 1. The molecule has 1 atom stereocenters. The first kappa shape index (κ1) is 15.7. The van der Waals surface area contributed by atoms with Crippen LogP contribution in [0.5, 0.6) is 0 Å². The fourth-order valence-electron chi connectivity index (χ4n) is 1.65. The highest BCUT2D eigenvalue weighted by molar-refractivity contribution is 9.10. The van der Waals surface area contributed by atoms with Crippen molar-refractivity contribution in [3.63, 3.8) is 0 Å². The highest BCUT2D eigenvalue weighted by Crippen LogP contribution is 2.22. The van der Waals surface area contributed by atoms with Crippen molar-refractivity contribution in [2.45, 2.75) is 19.3 Å². The Labute approximate surface area is 134 Å². The highest BCUT2D eigenvalue weighted by Gasteiger charge is 2.19. The first-order valence-corrected chi connectivity index (χ1v) is 7.85. The van der Waals surface area contributed by atoms with E-state index in [2.05, 4.69) is 26.2 Å². The molecule has 0 unspecified atom stereocenters. The number of hydrogen-bond donors (Lipinski definition) is 2. The fraction of sp³-hybridized carbons (Fsp3) is 0.214. The fourth-order valence-corrected chi connectivity index (χ4v) is 2.79. The van der Waals surface area contributed by atoms with Crippen molar-refractivity contribution in [2.24, 2.45) is 0 Å². The average molecular weight is 369 g/mol. The maximum Gasteiger partial charge on any atom is 0.309 e. The van der Waals surface area contributed by atoms with Crippen LogP contribution in [0.25, 0.3) is 0 Å². The van der Waals surface area contributed by atoms with Crippen molar-refractivity contribution in [1.82, 2.24) is 4.98 Å². The maximum absolute atomic E-state index is 12.2. The molecule has 110 valence electrons. The van der Waals surface area contributed by atoms with E-state index in [0.29, 0.717) is 16.4 Å². The molecule has 1 amide bonds. The van der Waals surface area contributed by atoms with Gasteiger partial charge in [0.2, 0.25) is 5.91 Å². The first-order chi connectivity index (χ1) is 9.95. The van der Waals surface area contributed by atoms with Crippen molar-refractivity contribution in [2.75, 3.05) is 5.32 Å². The number of anilines is 1. The number of rotatable bonds is 5. The third kappa shape index (κ3) is 4.37. The Morgan fingerprint density at radius 1 is 1.38 bits per heavy atom. The molecule has 0 bridgehead atoms. The van der Waals surface area contributed by atoms with Gasteiger partial charge in [-0.2, -0.15) is 0 Å². The molecule has 2 rings (SSSR count). The van der Waals surface area contributed by atoms with Crippen LogP contribution in [-0.4, -0.2) is 22.0 Å². The summed E-state index contributed by atoms with van der Waals surface area (Å²) >= 11 is 4.63. The van der Waals surface area contributed by atoms with E-state index in [0.717, 1.165) is 4.47 Å². The summed E-state index contributed by atoms with van der Waals surface area (Å²) in [6.07, 6.45) is -0.127. The molecule has 0 radical (unpaired) electrons. The Morgan fingerprint density at radius 3 is 2.67 bits per heavy atom. The van der Waals surface area contributed by atoms with Gasteiger partial charge in [-0.25, -0.2) is 4.98 Å². The lowest BCUT2D eigenvalue weighted by molar-refractivity contribution is -0.136. The van der Waals surface area contributed by atoms with Crippen LogP contribution in [0.3, 0.4) is 0 Å².